The molecule has 0 aliphatic rings. The number of hydrogen-bond acceptors (Lipinski definition) is 0. The number of hydrogen-bond donors (Lipinski definition) is 0. The van der Waals surface area contributed by atoms with Gasteiger partial charge >= 0.3 is 0 Å². The Morgan fingerprint density at radius 2 is 1.40 bits per heavy atom. The SMILES string of the molecule is CC(C)(C)CC(C)(C)CF. The molecular weight excluding hydrogens is 127 g/mol. The van der Waals surface area contributed by atoms with Crippen LogP contribution in [0.1, 0.15) is 41.0 Å². The molecule has 0 aliphatic carbocycles. The highest BCUT2D eigenvalue weighted by Crippen LogP contribution is 2.32. The maximum atomic E-state index is 12.3. The van der Waals surface area contributed by atoms with E-state index in [-0.39, 0.29) is 17.5 Å². The molecule has 0 saturated carbocycles. The summed E-state index contributed by atoms with van der Waals surface area (Å²) in [5, 5.41) is 0. The molecule has 0 atom stereocenters. The fourth-order valence-corrected chi connectivity index (χ4v) is 1.48. The van der Waals surface area contributed by atoms with Gasteiger partial charge in [0, 0.05) is 0 Å². The molecule has 0 nitrogen and oxygen atoms in total. The molecule has 0 aromatic carbocycles. The summed E-state index contributed by atoms with van der Waals surface area (Å²) in [6.45, 7) is 10.2. The van der Waals surface area contributed by atoms with E-state index >= 15 is 0 Å². The van der Waals surface area contributed by atoms with Gasteiger partial charge < -0.3 is 0 Å². The fraction of sp³-hybridized carbons (Fsp3) is 1.00. The Bertz CT molecular complexity index is 97.8. The predicted molar refractivity (Wildman–Crippen MR) is 43.8 cm³/mol. The zero-order chi connectivity index (χ0) is 8.41. The first-order valence-corrected chi connectivity index (χ1v) is 3.83. The summed E-state index contributed by atoms with van der Waals surface area (Å²) in [5.41, 5.74) is 0.105. The van der Waals surface area contributed by atoms with Gasteiger partial charge in [-0.15, -0.1) is 0 Å². The zero-order valence-electron chi connectivity index (χ0n) is 7.79. The lowest BCUT2D eigenvalue weighted by atomic mass is 9.77. The molecular formula is C9H19F. The minimum absolute atomic E-state index is 0.141. The lowest BCUT2D eigenvalue weighted by Crippen LogP contribution is -2.22. The molecule has 0 aromatic heterocycles. The molecule has 0 unspecified atom stereocenters. The minimum atomic E-state index is -0.218. The molecule has 0 aromatic rings. The molecule has 10 heavy (non-hydrogen) atoms. The van der Waals surface area contributed by atoms with E-state index in [1.54, 1.807) is 0 Å². The Morgan fingerprint density at radius 3 is 1.50 bits per heavy atom. The summed E-state index contributed by atoms with van der Waals surface area (Å²) < 4.78 is 12.3. The molecule has 0 amide bonds. The van der Waals surface area contributed by atoms with Gasteiger partial charge in [0.15, 0.2) is 0 Å². The largest absolute Gasteiger partial charge is 0.251 e. The molecule has 0 N–H and O–H groups in total. The van der Waals surface area contributed by atoms with Gasteiger partial charge in [0.25, 0.3) is 0 Å². The van der Waals surface area contributed by atoms with E-state index in [2.05, 4.69) is 20.8 Å². The number of halogens is 1. The molecule has 0 spiro atoms. The second-order valence-electron chi connectivity index (χ2n) is 5.04. The lowest BCUT2D eigenvalue weighted by molar-refractivity contribution is 0.167. The van der Waals surface area contributed by atoms with Crippen molar-refractivity contribution < 1.29 is 4.39 Å². The molecule has 1 heteroatoms. The van der Waals surface area contributed by atoms with Crippen LogP contribution in [0.5, 0.6) is 0 Å². The summed E-state index contributed by atoms with van der Waals surface area (Å²) in [6.07, 6.45) is 0.941. The number of rotatable bonds is 2. The first-order chi connectivity index (χ1) is 4.27. The maximum absolute atomic E-state index is 12.3. The van der Waals surface area contributed by atoms with E-state index in [1.165, 1.54) is 0 Å². The predicted octanol–water partition coefficient (Wildman–Crippen LogP) is 3.42. The lowest BCUT2D eigenvalue weighted by Gasteiger charge is -2.29. The standard InChI is InChI=1S/C9H19F/c1-8(2,3)6-9(4,5)7-10/h6-7H2,1-5H3. The van der Waals surface area contributed by atoms with E-state index in [1.807, 2.05) is 13.8 Å². The molecule has 0 saturated heterocycles. The highest BCUT2D eigenvalue weighted by atomic mass is 19.1. The van der Waals surface area contributed by atoms with Crippen LogP contribution in [0, 0.1) is 10.8 Å². The fourth-order valence-electron chi connectivity index (χ4n) is 1.48. The molecule has 0 rings (SSSR count). The average Bonchev–Trinajstić information content (AvgIpc) is 1.60. The molecule has 0 fully saturated rings. The van der Waals surface area contributed by atoms with Crippen LogP contribution < -0.4 is 0 Å². The minimum Gasteiger partial charge on any atom is -0.251 e. The van der Waals surface area contributed by atoms with Gasteiger partial charge in [-0.25, -0.2) is 0 Å². The summed E-state index contributed by atoms with van der Waals surface area (Å²) in [4.78, 5) is 0. The molecule has 0 heterocycles. The molecule has 0 radical (unpaired) electrons. The summed E-state index contributed by atoms with van der Waals surface area (Å²) in [7, 11) is 0. The third kappa shape index (κ3) is 4.78. The van der Waals surface area contributed by atoms with Gasteiger partial charge in [-0.3, -0.25) is 4.39 Å². The van der Waals surface area contributed by atoms with E-state index < -0.39 is 0 Å². The Kier molecular flexibility index (Phi) is 2.87. The number of alkyl halides is 1. The summed E-state index contributed by atoms with van der Waals surface area (Å²) in [6, 6.07) is 0. The topological polar surface area (TPSA) is 0 Å². The Hall–Kier alpha value is -0.0700. The van der Waals surface area contributed by atoms with Gasteiger partial charge in [0.1, 0.15) is 0 Å². The van der Waals surface area contributed by atoms with Crippen LogP contribution in [0.25, 0.3) is 0 Å². The van der Waals surface area contributed by atoms with Crippen molar-refractivity contribution in [3.05, 3.63) is 0 Å². The quantitative estimate of drug-likeness (QED) is 0.560. The van der Waals surface area contributed by atoms with Crippen molar-refractivity contribution in [2.24, 2.45) is 10.8 Å². The van der Waals surface area contributed by atoms with Crippen molar-refractivity contribution >= 4 is 0 Å². The first kappa shape index (κ1) is 9.93. The second kappa shape index (κ2) is 2.89. The Morgan fingerprint density at radius 1 is 1.00 bits per heavy atom. The molecule has 62 valence electrons. The van der Waals surface area contributed by atoms with Crippen LogP contribution >= 0.6 is 0 Å². The zero-order valence-corrected chi connectivity index (χ0v) is 7.79. The monoisotopic (exact) mass is 146 g/mol. The van der Waals surface area contributed by atoms with Crippen LogP contribution in [0.4, 0.5) is 4.39 Å². The summed E-state index contributed by atoms with van der Waals surface area (Å²) >= 11 is 0. The van der Waals surface area contributed by atoms with Crippen molar-refractivity contribution in [3.63, 3.8) is 0 Å². The third-order valence-corrected chi connectivity index (χ3v) is 1.37. The van der Waals surface area contributed by atoms with E-state index in [9.17, 15) is 4.39 Å². The van der Waals surface area contributed by atoms with Crippen LogP contribution in [0.3, 0.4) is 0 Å². The molecule has 0 bridgehead atoms. The van der Waals surface area contributed by atoms with Crippen molar-refractivity contribution in [2.45, 2.75) is 41.0 Å². The van der Waals surface area contributed by atoms with Gasteiger partial charge in [-0.05, 0) is 17.3 Å². The second-order valence-corrected chi connectivity index (χ2v) is 5.04. The van der Waals surface area contributed by atoms with Crippen molar-refractivity contribution in [1.82, 2.24) is 0 Å². The van der Waals surface area contributed by atoms with Crippen molar-refractivity contribution in [3.8, 4) is 0 Å². The first-order valence-electron chi connectivity index (χ1n) is 3.83. The van der Waals surface area contributed by atoms with Crippen molar-refractivity contribution in [1.29, 1.82) is 0 Å². The van der Waals surface area contributed by atoms with Gasteiger partial charge in [-0.1, -0.05) is 34.6 Å². The van der Waals surface area contributed by atoms with Crippen molar-refractivity contribution in [2.75, 3.05) is 6.67 Å². The average molecular weight is 146 g/mol. The Balaban J connectivity index is 3.89. The highest BCUT2D eigenvalue weighted by Gasteiger charge is 2.24. The maximum Gasteiger partial charge on any atom is 0.0945 e. The Labute approximate surface area is 63.8 Å². The van der Waals surface area contributed by atoms with Crippen LogP contribution in [-0.2, 0) is 0 Å². The van der Waals surface area contributed by atoms with Gasteiger partial charge in [-0.2, -0.15) is 0 Å². The van der Waals surface area contributed by atoms with E-state index in [0.717, 1.165) is 6.42 Å². The normalized spacial score (nSPS) is 13.8. The molecule has 0 aliphatic heterocycles. The van der Waals surface area contributed by atoms with Gasteiger partial charge in [0.05, 0.1) is 6.67 Å². The van der Waals surface area contributed by atoms with Gasteiger partial charge in [0.2, 0.25) is 0 Å². The van der Waals surface area contributed by atoms with Crippen LogP contribution in [-0.4, -0.2) is 6.67 Å². The summed E-state index contributed by atoms with van der Waals surface area (Å²) in [5.74, 6) is 0. The smallest absolute Gasteiger partial charge is 0.0945 e. The third-order valence-electron chi connectivity index (χ3n) is 1.37. The van der Waals surface area contributed by atoms with E-state index in [0.29, 0.717) is 0 Å². The van der Waals surface area contributed by atoms with Crippen LogP contribution in [0.15, 0.2) is 0 Å². The van der Waals surface area contributed by atoms with E-state index in [4.69, 9.17) is 0 Å². The highest BCUT2D eigenvalue weighted by molar-refractivity contribution is 4.75. The van der Waals surface area contributed by atoms with Crippen LogP contribution in [0.2, 0.25) is 0 Å².